The van der Waals surface area contributed by atoms with Crippen LogP contribution in [-0.4, -0.2) is 86.6 Å². The maximum Gasteiger partial charge on any atom is 0.244 e. The zero-order valence-corrected chi connectivity index (χ0v) is 18.8. The van der Waals surface area contributed by atoms with Gasteiger partial charge in [0.05, 0.1) is 24.1 Å². The van der Waals surface area contributed by atoms with Crippen molar-refractivity contribution in [2.24, 2.45) is 5.16 Å². The summed E-state index contributed by atoms with van der Waals surface area (Å²) in [6, 6.07) is 12.0. The highest BCUT2D eigenvalue weighted by atomic mass is 32.2. The number of hydrogen-bond donors (Lipinski definition) is 2. The number of rotatable bonds is 6. The molecule has 0 amide bonds. The first-order valence-corrected chi connectivity index (χ1v) is 12.0. The second kappa shape index (κ2) is 9.35. The number of anilines is 1. The minimum atomic E-state index is -3.70. The number of nitrogens with zero attached hydrogens (tertiary/aromatic N) is 4. The average molecular weight is 461 g/mol. The Hall–Kier alpha value is -2.82. The molecule has 0 unspecified atom stereocenters. The minimum absolute atomic E-state index is 0.0147. The number of phenols is 1. The van der Waals surface area contributed by atoms with Gasteiger partial charge in [-0.2, -0.15) is 4.31 Å². The van der Waals surface area contributed by atoms with E-state index in [1.54, 1.807) is 24.3 Å². The molecule has 2 heterocycles. The van der Waals surface area contributed by atoms with E-state index < -0.39 is 10.0 Å². The largest absolute Gasteiger partial charge is 0.508 e. The van der Waals surface area contributed by atoms with E-state index in [9.17, 15) is 18.7 Å². The third-order valence-corrected chi connectivity index (χ3v) is 7.92. The number of phenolic OH excluding ortho intramolecular Hbond substituents is 1. The number of hydrogen-bond acceptors (Lipinski definition) is 8. The molecule has 2 aromatic carbocycles. The van der Waals surface area contributed by atoms with Crippen LogP contribution in [0.1, 0.15) is 12.0 Å². The van der Waals surface area contributed by atoms with Crippen LogP contribution in [0.25, 0.3) is 0 Å². The topological polar surface area (TPSA) is 106 Å². The summed E-state index contributed by atoms with van der Waals surface area (Å²) in [5.74, 6) is 0.639. The van der Waals surface area contributed by atoms with Crippen molar-refractivity contribution in [3.8, 4) is 11.5 Å². The van der Waals surface area contributed by atoms with Crippen LogP contribution < -0.4 is 9.64 Å². The minimum Gasteiger partial charge on any atom is -0.508 e. The van der Waals surface area contributed by atoms with Crippen LogP contribution in [0.4, 0.5) is 5.69 Å². The standard InChI is InChI=1S/C22H28N4O5S/c1-31-20-4-2-5-21-22(20)19(23-28)16-26(32(21,29)30)11-3-10-24-12-14-25(15-13-24)17-6-8-18(27)9-7-17/h2,4-9,27-28H,3,10-16H2,1H3. The monoisotopic (exact) mass is 460 g/mol. The number of benzene rings is 2. The first-order valence-electron chi connectivity index (χ1n) is 10.6. The van der Waals surface area contributed by atoms with Crippen LogP contribution in [-0.2, 0) is 10.0 Å². The molecular formula is C22H28N4O5S. The molecule has 9 nitrogen and oxygen atoms in total. The van der Waals surface area contributed by atoms with Crippen LogP contribution in [0.2, 0.25) is 0 Å². The Labute approximate surface area is 188 Å². The van der Waals surface area contributed by atoms with Crippen molar-refractivity contribution in [1.82, 2.24) is 9.21 Å². The molecule has 1 saturated heterocycles. The van der Waals surface area contributed by atoms with Crippen molar-refractivity contribution in [3.05, 3.63) is 48.0 Å². The van der Waals surface area contributed by atoms with Crippen molar-refractivity contribution in [2.45, 2.75) is 11.3 Å². The predicted molar refractivity (Wildman–Crippen MR) is 121 cm³/mol. The Bertz CT molecular complexity index is 1080. The number of oxime groups is 1. The van der Waals surface area contributed by atoms with E-state index in [0.717, 1.165) is 38.4 Å². The molecular weight excluding hydrogens is 432 g/mol. The molecule has 172 valence electrons. The van der Waals surface area contributed by atoms with Gasteiger partial charge in [-0.15, -0.1) is 0 Å². The van der Waals surface area contributed by atoms with Gasteiger partial charge in [0.15, 0.2) is 0 Å². The molecule has 0 aliphatic carbocycles. The highest BCUT2D eigenvalue weighted by Gasteiger charge is 2.37. The summed E-state index contributed by atoms with van der Waals surface area (Å²) < 4.78 is 32.9. The normalized spacial score (nSPS) is 20.3. The summed E-state index contributed by atoms with van der Waals surface area (Å²) in [5.41, 5.74) is 1.71. The second-order valence-electron chi connectivity index (χ2n) is 7.92. The summed E-state index contributed by atoms with van der Waals surface area (Å²) in [6.45, 7) is 4.67. The molecule has 2 N–H and O–H groups in total. The average Bonchev–Trinajstić information content (AvgIpc) is 2.81. The van der Waals surface area contributed by atoms with Gasteiger partial charge < -0.3 is 20.0 Å². The molecule has 2 aliphatic rings. The van der Waals surface area contributed by atoms with Crippen LogP contribution in [0.15, 0.2) is 52.5 Å². The number of aromatic hydroxyl groups is 1. The zero-order chi connectivity index (χ0) is 22.7. The van der Waals surface area contributed by atoms with Gasteiger partial charge in [-0.3, -0.25) is 4.90 Å². The van der Waals surface area contributed by atoms with Gasteiger partial charge in [-0.05, 0) is 49.4 Å². The smallest absolute Gasteiger partial charge is 0.244 e. The predicted octanol–water partition coefficient (Wildman–Crippen LogP) is 1.80. The van der Waals surface area contributed by atoms with E-state index in [2.05, 4.69) is 15.0 Å². The van der Waals surface area contributed by atoms with Crippen molar-refractivity contribution in [2.75, 3.05) is 57.8 Å². The maximum absolute atomic E-state index is 13.1. The number of piperazine rings is 1. The van der Waals surface area contributed by atoms with E-state index in [0.29, 0.717) is 24.3 Å². The molecule has 0 bridgehead atoms. The molecule has 4 rings (SSSR count). The van der Waals surface area contributed by atoms with Crippen molar-refractivity contribution < 1.29 is 23.5 Å². The SMILES string of the molecule is COc1cccc2c1C(=NO)CN(CCCN1CCN(c3ccc(O)cc3)CC1)S2(=O)=O. The number of ether oxygens (including phenoxy) is 1. The lowest BCUT2D eigenvalue weighted by Crippen LogP contribution is -2.47. The highest BCUT2D eigenvalue weighted by molar-refractivity contribution is 7.89. The lowest BCUT2D eigenvalue weighted by molar-refractivity contribution is 0.247. The number of methoxy groups -OCH3 is 1. The zero-order valence-electron chi connectivity index (χ0n) is 18.0. The third kappa shape index (κ3) is 4.38. The summed E-state index contributed by atoms with van der Waals surface area (Å²) in [6.07, 6.45) is 0.677. The van der Waals surface area contributed by atoms with Gasteiger partial charge in [0, 0.05) is 38.4 Å². The van der Waals surface area contributed by atoms with Gasteiger partial charge in [0.2, 0.25) is 10.0 Å². The first-order chi connectivity index (χ1) is 15.4. The van der Waals surface area contributed by atoms with Gasteiger partial charge in [-0.1, -0.05) is 11.2 Å². The summed E-state index contributed by atoms with van der Waals surface area (Å²) in [4.78, 5) is 4.71. The molecule has 0 atom stereocenters. The first kappa shape index (κ1) is 22.4. The highest BCUT2D eigenvalue weighted by Crippen LogP contribution is 2.33. The Balaban J connectivity index is 1.35. The Morgan fingerprint density at radius 1 is 1.03 bits per heavy atom. The van der Waals surface area contributed by atoms with Crippen LogP contribution in [0.5, 0.6) is 11.5 Å². The molecule has 0 saturated carbocycles. The lowest BCUT2D eigenvalue weighted by atomic mass is 10.1. The quantitative estimate of drug-likeness (QED) is 0.500. The summed E-state index contributed by atoms with van der Waals surface area (Å²) in [7, 11) is -2.23. The fourth-order valence-corrected chi connectivity index (χ4v) is 5.96. The van der Waals surface area contributed by atoms with Crippen LogP contribution in [0, 0.1) is 0 Å². The molecule has 2 aromatic rings. The third-order valence-electron chi connectivity index (χ3n) is 6.03. The Morgan fingerprint density at radius 3 is 2.41 bits per heavy atom. The lowest BCUT2D eigenvalue weighted by Gasteiger charge is -2.36. The van der Waals surface area contributed by atoms with Crippen molar-refractivity contribution in [3.63, 3.8) is 0 Å². The molecule has 0 spiro atoms. The molecule has 0 aromatic heterocycles. The van der Waals surface area contributed by atoms with Crippen LogP contribution in [0.3, 0.4) is 0 Å². The Morgan fingerprint density at radius 2 is 1.75 bits per heavy atom. The van der Waals surface area contributed by atoms with E-state index in [-0.39, 0.29) is 22.9 Å². The van der Waals surface area contributed by atoms with Gasteiger partial charge in [-0.25, -0.2) is 8.42 Å². The molecule has 32 heavy (non-hydrogen) atoms. The molecule has 2 aliphatic heterocycles. The van der Waals surface area contributed by atoms with Gasteiger partial charge in [0.1, 0.15) is 17.2 Å². The Kier molecular flexibility index (Phi) is 6.54. The maximum atomic E-state index is 13.1. The fourth-order valence-electron chi connectivity index (χ4n) is 4.30. The van der Waals surface area contributed by atoms with E-state index >= 15 is 0 Å². The van der Waals surface area contributed by atoms with Crippen LogP contribution >= 0.6 is 0 Å². The van der Waals surface area contributed by atoms with Crippen molar-refractivity contribution in [1.29, 1.82) is 0 Å². The fraction of sp³-hybridized carbons (Fsp3) is 0.409. The molecule has 0 radical (unpaired) electrons. The molecule has 10 heteroatoms. The second-order valence-corrected chi connectivity index (χ2v) is 9.82. The number of sulfonamides is 1. The van der Waals surface area contributed by atoms with Gasteiger partial charge >= 0.3 is 0 Å². The van der Waals surface area contributed by atoms with Gasteiger partial charge in [0.25, 0.3) is 0 Å². The van der Waals surface area contributed by atoms with E-state index in [4.69, 9.17) is 4.74 Å². The molecule has 1 fully saturated rings. The summed E-state index contributed by atoms with van der Waals surface area (Å²) in [5, 5.41) is 22.3. The van der Waals surface area contributed by atoms with Crippen molar-refractivity contribution >= 4 is 21.4 Å². The van der Waals surface area contributed by atoms with E-state index in [1.807, 2.05) is 12.1 Å². The summed E-state index contributed by atoms with van der Waals surface area (Å²) >= 11 is 0. The number of fused-ring (bicyclic) bond motifs is 1. The van der Waals surface area contributed by atoms with E-state index in [1.165, 1.54) is 17.5 Å².